The predicted octanol–water partition coefficient (Wildman–Crippen LogP) is 6.61. The first-order chi connectivity index (χ1) is 17.7. The van der Waals surface area contributed by atoms with E-state index in [1.807, 2.05) is 0 Å². The van der Waals surface area contributed by atoms with Gasteiger partial charge >= 0.3 is 0 Å². The summed E-state index contributed by atoms with van der Waals surface area (Å²) in [5.74, 6) is -2.73. The number of benzene rings is 3. The van der Waals surface area contributed by atoms with Gasteiger partial charge in [-0.2, -0.15) is 0 Å². The van der Waals surface area contributed by atoms with Crippen LogP contribution in [0.15, 0.2) is 54.6 Å². The Labute approximate surface area is 217 Å². The Kier molecular flexibility index (Phi) is 8.27. The number of hydrogen-bond acceptors (Lipinski definition) is 3. The highest BCUT2D eigenvalue weighted by Crippen LogP contribution is 2.33. The van der Waals surface area contributed by atoms with E-state index in [0.29, 0.717) is 24.5 Å². The molecule has 194 valence electrons. The van der Waals surface area contributed by atoms with Crippen LogP contribution < -0.4 is 20.9 Å². The average molecular weight is 531 g/mol. The number of alkyl halides is 1. The fraction of sp³-hybridized carbons (Fsp3) is 0.259. The molecule has 1 unspecified atom stereocenters. The van der Waals surface area contributed by atoms with Crippen molar-refractivity contribution >= 4 is 40.3 Å². The minimum atomic E-state index is -2.08. The molecule has 1 aliphatic heterocycles. The van der Waals surface area contributed by atoms with Crippen LogP contribution in [0.5, 0.6) is 0 Å². The first-order valence-electron chi connectivity index (χ1n) is 11.9. The highest BCUT2D eigenvalue weighted by atomic mass is 32.1. The van der Waals surface area contributed by atoms with E-state index in [-0.39, 0.29) is 21.9 Å². The highest BCUT2D eigenvalue weighted by molar-refractivity contribution is 7.80. The molecule has 0 saturated carbocycles. The number of anilines is 3. The van der Waals surface area contributed by atoms with Crippen molar-refractivity contribution in [2.24, 2.45) is 0 Å². The molecule has 5 nitrogen and oxygen atoms in total. The fourth-order valence-corrected chi connectivity index (χ4v) is 4.52. The Balaban J connectivity index is 1.38. The van der Waals surface area contributed by atoms with Crippen molar-refractivity contribution in [2.75, 3.05) is 28.6 Å². The van der Waals surface area contributed by atoms with E-state index in [4.69, 9.17) is 12.2 Å². The average Bonchev–Trinajstić information content (AvgIpc) is 2.88. The maximum atomic E-state index is 15.0. The summed E-state index contributed by atoms with van der Waals surface area (Å²) >= 11 is 5.13. The quantitative estimate of drug-likeness (QED) is 0.190. The Hall–Kier alpha value is -3.66. The zero-order valence-corrected chi connectivity index (χ0v) is 20.9. The Bertz CT molecular complexity index is 1300. The Morgan fingerprint density at radius 3 is 2.19 bits per heavy atom. The molecule has 3 aromatic carbocycles. The van der Waals surface area contributed by atoms with Gasteiger partial charge < -0.3 is 20.9 Å². The molecule has 10 heteroatoms. The van der Waals surface area contributed by atoms with Crippen LogP contribution in [-0.2, 0) is 0 Å². The largest absolute Gasteiger partial charge is 0.369 e. The second kappa shape index (κ2) is 11.6. The van der Waals surface area contributed by atoms with Gasteiger partial charge in [0.15, 0.2) is 5.11 Å². The summed E-state index contributed by atoms with van der Waals surface area (Å²) in [6, 6.07) is 12.7. The van der Waals surface area contributed by atoms with Crippen LogP contribution in [0.1, 0.15) is 47.0 Å². The number of thiocarbonyl (C=S) groups is 1. The van der Waals surface area contributed by atoms with Crippen LogP contribution in [0, 0.1) is 24.4 Å². The summed E-state index contributed by atoms with van der Waals surface area (Å²) in [4.78, 5) is 14.0. The van der Waals surface area contributed by atoms with Crippen LogP contribution in [0.3, 0.4) is 0 Å². The molecule has 1 saturated heterocycles. The lowest BCUT2D eigenvalue weighted by atomic mass is 10.0. The molecule has 0 radical (unpaired) electrons. The minimum Gasteiger partial charge on any atom is -0.369 e. The summed E-state index contributed by atoms with van der Waals surface area (Å²) in [7, 11) is 0. The number of halogens is 4. The summed E-state index contributed by atoms with van der Waals surface area (Å²) in [5.41, 5.74) is 0.544. The molecule has 1 fully saturated rings. The van der Waals surface area contributed by atoms with Crippen molar-refractivity contribution in [1.29, 1.82) is 0 Å². The third-order valence-corrected chi connectivity index (χ3v) is 6.39. The number of carbonyl (C=O) groups excluding carboxylic acids is 1. The molecule has 3 aromatic rings. The van der Waals surface area contributed by atoms with Gasteiger partial charge in [-0.1, -0.05) is 12.1 Å². The standard InChI is InChI=1S/C27H26F4N4OS/c1-16-23(30)20(15-22(29)24(16)35-13-5-2-6-14-35)25(31)34-27(37)33-18-11-9-17(10-12-18)32-26(36)19-7-3-4-8-21(19)28/h3-4,7-12,15,25H,2,5-6,13-14H2,1H3,(H,32,36)(H2,33,34,37). The predicted molar refractivity (Wildman–Crippen MR) is 141 cm³/mol. The lowest BCUT2D eigenvalue weighted by molar-refractivity contribution is 0.102. The maximum Gasteiger partial charge on any atom is 0.258 e. The van der Waals surface area contributed by atoms with Crippen molar-refractivity contribution in [3.63, 3.8) is 0 Å². The second-order valence-corrected chi connectivity index (χ2v) is 9.16. The first-order valence-corrected chi connectivity index (χ1v) is 12.3. The van der Waals surface area contributed by atoms with Crippen molar-refractivity contribution in [2.45, 2.75) is 32.5 Å². The van der Waals surface area contributed by atoms with Crippen LogP contribution in [0.2, 0.25) is 0 Å². The molecular formula is C27H26F4N4OS. The Morgan fingerprint density at radius 1 is 0.919 bits per heavy atom. The van der Waals surface area contributed by atoms with Crippen LogP contribution in [-0.4, -0.2) is 24.1 Å². The molecule has 0 spiro atoms. The zero-order chi connectivity index (χ0) is 26.5. The highest BCUT2D eigenvalue weighted by Gasteiger charge is 2.25. The normalized spacial score (nSPS) is 14.1. The van der Waals surface area contributed by atoms with E-state index in [2.05, 4.69) is 16.0 Å². The van der Waals surface area contributed by atoms with Crippen LogP contribution >= 0.6 is 12.2 Å². The van der Waals surface area contributed by atoms with E-state index in [0.717, 1.165) is 25.3 Å². The number of amides is 1. The topological polar surface area (TPSA) is 56.4 Å². The number of carbonyl (C=O) groups is 1. The molecule has 3 N–H and O–H groups in total. The van der Waals surface area contributed by atoms with Gasteiger partial charge in [0.25, 0.3) is 5.91 Å². The molecule has 37 heavy (non-hydrogen) atoms. The van der Waals surface area contributed by atoms with Gasteiger partial charge in [0.05, 0.1) is 11.3 Å². The number of rotatable bonds is 6. The third-order valence-electron chi connectivity index (χ3n) is 6.17. The fourth-order valence-electron chi connectivity index (χ4n) is 4.30. The third kappa shape index (κ3) is 6.19. The van der Waals surface area contributed by atoms with Crippen molar-refractivity contribution < 1.29 is 22.4 Å². The van der Waals surface area contributed by atoms with Crippen molar-refractivity contribution in [1.82, 2.24) is 5.32 Å². The number of nitrogens with one attached hydrogen (secondary N) is 3. The first kappa shape index (κ1) is 26.4. The van der Waals surface area contributed by atoms with Crippen LogP contribution in [0.25, 0.3) is 0 Å². The molecule has 1 heterocycles. The van der Waals surface area contributed by atoms with Gasteiger partial charge in [-0.25, -0.2) is 17.6 Å². The van der Waals surface area contributed by atoms with Gasteiger partial charge in [0, 0.05) is 35.6 Å². The molecule has 1 amide bonds. The maximum absolute atomic E-state index is 15.0. The van der Waals surface area contributed by atoms with Gasteiger partial charge in [0.2, 0.25) is 6.30 Å². The molecule has 4 rings (SSSR count). The van der Waals surface area contributed by atoms with Crippen molar-refractivity contribution in [3.05, 3.63) is 88.7 Å². The van der Waals surface area contributed by atoms with Gasteiger partial charge in [-0.05, 0) is 80.9 Å². The van der Waals surface area contributed by atoms with E-state index < -0.39 is 35.2 Å². The van der Waals surface area contributed by atoms with E-state index in [1.54, 1.807) is 35.2 Å². The number of piperidine rings is 1. The van der Waals surface area contributed by atoms with Crippen molar-refractivity contribution in [3.8, 4) is 0 Å². The Morgan fingerprint density at radius 2 is 1.54 bits per heavy atom. The smallest absolute Gasteiger partial charge is 0.258 e. The van der Waals surface area contributed by atoms with Gasteiger partial charge in [-0.15, -0.1) is 0 Å². The zero-order valence-electron chi connectivity index (χ0n) is 20.1. The second-order valence-electron chi connectivity index (χ2n) is 8.76. The lowest BCUT2D eigenvalue weighted by Crippen LogP contribution is -2.33. The van der Waals surface area contributed by atoms with E-state index in [9.17, 15) is 18.0 Å². The summed E-state index contributed by atoms with van der Waals surface area (Å²) in [6.07, 6.45) is 0.759. The summed E-state index contributed by atoms with van der Waals surface area (Å²) in [5, 5.41) is 7.53. The SMILES string of the molecule is Cc1c(F)c(C(F)NC(=S)Nc2ccc(NC(=O)c3ccccc3F)cc2)cc(F)c1N1CCCCC1. The van der Waals surface area contributed by atoms with Gasteiger partial charge in [-0.3, -0.25) is 4.79 Å². The minimum absolute atomic E-state index is 0.0632. The molecule has 1 atom stereocenters. The number of hydrogen-bond donors (Lipinski definition) is 3. The van der Waals surface area contributed by atoms with E-state index in [1.165, 1.54) is 25.1 Å². The number of nitrogens with zero attached hydrogens (tertiary/aromatic N) is 1. The molecule has 0 bridgehead atoms. The lowest BCUT2D eigenvalue weighted by Gasteiger charge is -2.31. The monoisotopic (exact) mass is 530 g/mol. The molecule has 1 aliphatic rings. The van der Waals surface area contributed by atoms with Crippen LogP contribution in [0.4, 0.5) is 34.6 Å². The van der Waals surface area contributed by atoms with Gasteiger partial charge in [0.1, 0.15) is 17.5 Å². The summed E-state index contributed by atoms with van der Waals surface area (Å²) < 4.78 is 58.6. The molecule has 0 aromatic heterocycles. The molecular weight excluding hydrogens is 504 g/mol. The summed E-state index contributed by atoms with van der Waals surface area (Å²) in [6.45, 7) is 2.71. The molecule has 0 aliphatic carbocycles. The van der Waals surface area contributed by atoms with E-state index >= 15 is 4.39 Å².